The van der Waals surface area contributed by atoms with Crippen molar-refractivity contribution in [2.45, 2.75) is 19.8 Å². The first-order chi connectivity index (χ1) is 8.18. The summed E-state index contributed by atoms with van der Waals surface area (Å²) in [6, 6.07) is 0. The highest BCUT2D eigenvalue weighted by atomic mass is 79.9. The zero-order valence-corrected chi connectivity index (χ0v) is 11.8. The number of nitrogens with one attached hydrogen (secondary N) is 1. The van der Waals surface area contributed by atoms with Crippen LogP contribution in [0.5, 0.6) is 0 Å². The van der Waals surface area contributed by atoms with Gasteiger partial charge in [0, 0.05) is 13.1 Å². The van der Waals surface area contributed by atoms with Crippen molar-refractivity contribution in [3.05, 3.63) is 16.2 Å². The predicted molar refractivity (Wildman–Crippen MR) is 75.3 cm³/mol. The van der Waals surface area contributed by atoms with Crippen molar-refractivity contribution in [2.24, 2.45) is 0 Å². The number of nitrogens with two attached hydrogens (primary N) is 1. The second-order valence-electron chi connectivity index (χ2n) is 4.48. The summed E-state index contributed by atoms with van der Waals surface area (Å²) in [6.45, 7) is 6.47. The van der Waals surface area contributed by atoms with Gasteiger partial charge in [0.2, 0.25) is 0 Å². The molecule has 0 unspecified atom stereocenters. The Labute approximate surface area is 111 Å². The Balaban J connectivity index is 1.88. The lowest BCUT2D eigenvalue weighted by molar-refractivity contribution is 0.352. The van der Waals surface area contributed by atoms with Gasteiger partial charge >= 0.3 is 0 Å². The minimum Gasteiger partial charge on any atom is -0.397 e. The van der Waals surface area contributed by atoms with E-state index in [0.29, 0.717) is 0 Å². The van der Waals surface area contributed by atoms with Crippen LogP contribution in [0, 0.1) is 6.92 Å². The summed E-state index contributed by atoms with van der Waals surface area (Å²) >= 11 is 3.53. The van der Waals surface area contributed by atoms with Crippen molar-refractivity contribution in [2.75, 3.05) is 37.2 Å². The Bertz CT molecular complexity index is 388. The molecule has 0 aliphatic carbocycles. The minimum atomic E-state index is 0.724. The third-order valence-corrected chi connectivity index (χ3v) is 4.19. The zero-order chi connectivity index (χ0) is 12.3. The van der Waals surface area contributed by atoms with E-state index in [1.54, 1.807) is 6.20 Å². The zero-order valence-electron chi connectivity index (χ0n) is 10.2. The van der Waals surface area contributed by atoms with Crippen LogP contribution in [0.25, 0.3) is 0 Å². The van der Waals surface area contributed by atoms with E-state index in [2.05, 4.69) is 31.1 Å². The van der Waals surface area contributed by atoms with E-state index in [1.807, 2.05) is 6.92 Å². The molecule has 0 atom stereocenters. The summed E-state index contributed by atoms with van der Waals surface area (Å²) in [6.07, 6.45) is 4.38. The summed E-state index contributed by atoms with van der Waals surface area (Å²) in [5.74, 6) is 0.885. The molecular formula is C12H19BrN4. The van der Waals surface area contributed by atoms with Crippen molar-refractivity contribution in [1.82, 2.24) is 9.88 Å². The molecule has 0 spiro atoms. The quantitative estimate of drug-likeness (QED) is 0.895. The number of rotatable bonds is 4. The Morgan fingerprint density at radius 3 is 2.88 bits per heavy atom. The molecule has 2 heterocycles. The first-order valence-corrected chi connectivity index (χ1v) is 6.84. The smallest absolute Gasteiger partial charge is 0.140 e. The number of pyridine rings is 1. The summed E-state index contributed by atoms with van der Waals surface area (Å²) < 4.78 is 0.971. The van der Waals surface area contributed by atoms with Crippen LogP contribution in [0.3, 0.4) is 0 Å². The van der Waals surface area contributed by atoms with Crippen LogP contribution in [-0.2, 0) is 0 Å². The molecule has 1 aromatic heterocycles. The second kappa shape index (κ2) is 5.69. The molecule has 0 radical (unpaired) electrons. The number of likely N-dealkylation sites (tertiary alicyclic amines) is 1. The van der Waals surface area contributed by atoms with Gasteiger partial charge in [-0.2, -0.15) is 0 Å². The number of nitrogen functional groups attached to an aromatic ring is 1. The molecule has 0 amide bonds. The number of hydrogen-bond donors (Lipinski definition) is 2. The molecule has 3 N–H and O–H groups in total. The first-order valence-electron chi connectivity index (χ1n) is 6.05. The normalized spacial score (nSPS) is 16.4. The van der Waals surface area contributed by atoms with Gasteiger partial charge in [-0.05, 0) is 54.3 Å². The summed E-state index contributed by atoms with van der Waals surface area (Å²) in [5, 5.41) is 3.35. The molecule has 0 bridgehead atoms. The van der Waals surface area contributed by atoms with Crippen LogP contribution < -0.4 is 11.1 Å². The maximum Gasteiger partial charge on any atom is 0.140 e. The summed E-state index contributed by atoms with van der Waals surface area (Å²) in [5.41, 5.74) is 7.56. The summed E-state index contributed by atoms with van der Waals surface area (Å²) in [4.78, 5) is 6.78. The average Bonchev–Trinajstić information content (AvgIpc) is 2.82. The Hall–Kier alpha value is -0.810. The van der Waals surface area contributed by atoms with Crippen LogP contribution in [0.15, 0.2) is 10.7 Å². The molecule has 1 aliphatic rings. The lowest BCUT2D eigenvalue weighted by atomic mass is 10.2. The van der Waals surface area contributed by atoms with E-state index in [1.165, 1.54) is 25.9 Å². The van der Waals surface area contributed by atoms with Gasteiger partial charge in [-0.3, -0.25) is 0 Å². The highest BCUT2D eigenvalue weighted by molar-refractivity contribution is 9.10. The number of anilines is 2. The Morgan fingerprint density at radius 2 is 2.18 bits per heavy atom. The van der Waals surface area contributed by atoms with Crippen molar-refractivity contribution in [3.63, 3.8) is 0 Å². The van der Waals surface area contributed by atoms with Crippen molar-refractivity contribution in [1.29, 1.82) is 0 Å². The maximum absolute atomic E-state index is 5.79. The Kier molecular flexibility index (Phi) is 4.23. The van der Waals surface area contributed by atoms with Gasteiger partial charge in [0.25, 0.3) is 0 Å². The first kappa shape index (κ1) is 12.6. The van der Waals surface area contributed by atoms with E-state index in [0.717, 1.165) is 34.6 Å². The third kappa shape index (κ3) is 3.10. The van der Waals surface area contributed by atoms with Crippen LogP contribution in [0.4, 0.5) is 11.5 Å². The largest absolute Gasteiger partial charge is 0.397 e. The standard InChI is InChI=1S/C12H19BrN4/c1-9-10(14)8-16-12(11(9)13)15-4-7-17-5-2-3-6-17/h8H,2-7,14H2,1H3,(H,15,16). The van der Waals surface area contributed by atoms with E-state index >= 15 is 0 Å². The maximum atomic E-state index is 5.79. The number of aromatic nitrogens is 1. The van der Waals surface area contributed by atoms with Gasteiger partial charge in [0.1, 0.15) is 5.82 Å². The summed E-state index contributed by atoms with van der Waals surface area (Å²) in [7, 11) is 0. The van der Waals surface area contributed by atoms with Crippen LogP contribution in [0.1, 0.15) is 18.4 Å². The van der Waals surface area contributed by atoms with Gasteiger partial charge in [0.15, 0.2) is 0 Å². The highest BCUT2D eigenvalue weighted by Crippen LogP contribution is 2.27. The number of nitrogens with zero attached hydrogens (tertiary/aromatic N) is 2. The number of hydrogen-bond acceptors (Lipinski definition) is 4. The van der Waals surface area contributed by atoms with E-state index in [-0.39, 0.29) is 0 Å². The molecule has 5 heteroatoms. The van der Waals surface area contributed by atoms with Gasteiger partial charge in [-0.1, -0.05) is 0 Å². The lowest BCUT2D eigenvalue weighted by Gasteiger charge is -2.16. The van der Waals surface area contributed by atoms with E-state index in [9.17, 15) is 0 Å². The molecule has 0 saturated carbocycles. The second-order valence-corrected chi connectivity index (χ2v) is 5.27. The minimum absolute atomic E-state index is 0.724. The molecule has 1 aromatic rings. The van der Waals surface area contributed by atoms with Crippen molar-refractivity contribution < 1.29 is 0 Å². The Morgan fingerprint density at radius 1 is 1.47 bits per heavy atom. The molecule has 4 nitrogen and oxygen atoms in total. The SMILES string of the molecule is Cc1c(N)cnc(NCCN2CCCC2)c1Br. The van der Waals surface area contributed by atoms with Gasteiger partial charge in [-0.25, -0.2) is 4.98 Å². The van der Waals surface area contributed by atoms with E-state index < -0.39 is 0 Å². The topological polar surface area (TPSA) is 54.2 Å². The molecule has 1 fully saturated rings. The average molecular weight is 299 g/mol. The predicted octanol–water partition coefficient (Wildman–Crippen LogP) is 2.24. The molecule has 17 heavy (non-hydrogen) atoms. The molecular weight excluding hydrogens is 280 g/mol. The van der Waals surface area contributed by atoms with Crippen LogP contribution in [-0.4, -0.2) is 36.1 Å². The monoisotopic (exact) mass is 298 g/mol. The van der Waals surface area contributed by atoms with Crippen LogP contribution >= 0.6 is 15.9 Å². The van der Waals surface area contributed by atoms with E-state index in [4.69, 9.17) is 5.73 Å². The fourth-order valence-electron chi connectivity index (χ4n) is 2.05. The fraction of sp³-hybridized carbons (Fsp3) is 0.583. The highest BCUT2D eigenvalue weighted by Gasteiger charge is 2.11. The molecule has 1 aliphatic heterocycles. The van der Waals surface area contributed by atoms with Crippen molar-refractivity contribution >= 4 is 27.4 Å². The lowest BCUT2D eigenvalue weighted by Crippen LogP contribution is -2.26. The fourth-order valence-corrected chi connectivity index (χ4v) is 2.53. The molecule has 94 valence electrons. The molecule has 1 saturated heterocycles. The number of halogens is 1. The van der Waals surface area contributed by atoms with Crippen molar-refractivity contribution in [3.8, 4) is 0 Å². The van der Waals surface area contributed by atoms with Crippen LogP contribution in [0.2, 0.25) is 0 Å². The van der Waals surface area contributed by atoms with Gasteiger partial charge in [0.05, 0.1) is 16.4 Å². The molecule has 2 rings (SSSR count). The van der Waals surface area contributed by atoms with Gasteiger partial charge in [-0.15, -0.1) is 0 Å². The molecule has 0 aromatic carbocycles. The third-order valence-electron chi connectivity index (χ3n) is 3.22. The van der Waals surface area contributed by atoms with Gasteiger partial charge < -0.3 is 16.0 Å².